The van der Waals surface area contributed by atoms with Crippen molar-refractivity contribution < 1.29 is 8.42 Å². The lowest BCUT2D eigenvalue weighted by molar-refractivity contribution is 0.280. The number of aliphatic imine (C=N–C) groups is 1. The summed E-state index contributed by atoms with van der Waals surface area (Å²) in [6, 6.07) is 0. The monoisotopic (exact) mass is 257 g/mol. The van der Waals surface area contributed by atoms with Crippen molar-refractivity contribution in [2.75, 3.05) is 21.1 Å². The van der Waals surface area contributed by atoms with Gasteiger partial charge >= 0.3 is 0 Å². The molecule has 0 amide bonds. The van der Waals surface area contributed by atoms with Gasteiger partial charge in [0.25, 0.3) is 0 Å². The minimum absolute atomic E-state index is 0.384. The van der Waals surface area contributed by atoms with E-state index < -0.39 is 10.0 Å². The standard InChI is InChI=1S/C11H19N3O2S/c1-13(2)9-12-10-8-17(15,16)14(3)11(10)6-4-5-7-11/h8-9H,4-7H2,1-3H3. The molecule has 1 aliphatic heterocycles. The van der Waals surface area contributed by atoms with Crippen LogP contribution in [0.25, 0.3) is 0 Å². The summed E-state index contributed by atoms with van der Waals surface area (Å²) in [6.45, 7) is 0. The molecular formula is C11H19N3O2S. The second-order valence-electron chi connectivity index (χ2n) is 4.96. The number of nitrogens with zero attached hydrogens (tertiary/aromatic N) is 3. The number of likely N-dealkylation sites (N-methyl/N-ethyl adjacent to an activating group) is 1. The summed E-state index contributed by atoms with van der Waals surface area (Å²) in [5.74, 6) is 0. The summed E-state index contributed by atoms with van der Waals surface area (Å²) in [5, 5.41) is 1.32. The summed E-state index contributed by atoms with van der Waals surface area (Å²) in [4.78, 5) is 6.16. The van der Waals surface area contributed by atoms with E-state index in [9.17, 15) is 8.42 Å². The highest BCUT2D eigenvalue weighted by molar-refractivity contribution is 7.92. The van der Waals surface area contributed by atoms with Gasteiger partial charge in [-0.05, 0) is 12.8 Å². The third kappa shape index (κ3) is 1.99. The summed E-state index contributed by atoms with van der Waals surface area (Å²) in [5.41, 5.74) is 0.303. The Morgan fingerprint density at radius 3 is 2.53 bits per heavy atom. The van der Waals surface area contributed by atoms with Crippen molar-refractivity contribution in [1.82, 2.24) is 9.21 Å². The molecule has 0 N–H and O–H groups in total. The van der Waals surface area contributed by atoms with E-state index in [1.807, 2.05) is 19.0 Å². The fourth-order valence-corrected chi connectivity index (χ4v) is 4.08. The van der Waals surface area contributed by atoms with Gasteiger partial charge in [-0.3, -0.25) is 0 Å². The first-order valence-electron chi connectivity index (χ1n) is 5.80. The average Bonchev–Trinajstić information content (AvgIpc) is 2.78. The zero-order valence-corrected chi connectivity index (χ0v) is 11.4. The highest BCUT2D eigenvalue weighted by Gasteiger charge is 2.50. The molecule has 0 saturated heterocycles. The quantitative estimate of drug-likeness (QED) is 0.548. The van der Waals surface area contributed by atoms with Crippen LogP contribution in [-0.2, 0) is 10.0 Å². The Balaban J connectivity index is 2.40. The first-order valence-corrected chi connectivity index (χ1v) is 7.31. The first kappa shape index (κ1) is 12.6. The molecule has 1 aliphatic carbocycles. The fourth-order valence-electron chi connectivity index (χ4n) is 2.59. The highest BCUT2D eigenvalue weighted by atomic mass is 32.2. The van der Waals surface area contributed by atoms with Crippen molar-refractivity contribution in [3.63, 3.8) is 0 Å². The molecule has 2 rings (SSSR count). The van der Waals surface area contributed by atoms with Gasteiger partial charge in [-0.25, -0.2) is 13.4 Å². The molecule has 6 heteroatoms. The van der Waals surface area contributed by atoms with E-state index >= 15 is 0 Å². The van der Waals surface area contributed by atoms with E-state index in [-0.39, 0.29) is 5.54 Å². The topological polar surface area (TPSA) is 53.0 Å². The van der Waals surface area contributed by atoms with Crippen molar-refractivity contribution in [3.05, 3.63) is 11.1 Å². The molecule has 0 unspecified atom stereocenters. The average molecular weight is 257 g/mol. The number of sulfonamides is 1. The van der Waals surface area contributed by atoms with Crippen LogP contribution in [0.5, 0.6) is 0 Å². The van der Waals surface area contributed by atoms with E-state index in [1.54, 1.807) is 13.4 Å². The molecule has 1 fully saturated rings. The van der Waals surface area contributed by atoms with E-state index in [0.29, 0.717) is 5.70 Å². The summed E-state index contributed by atoms with van der Waals surface area (Å²) >= 11 is 0. The van der Waals surface area contributed by atoms with Crippen molar-refractivity contribution >= 4 is 16.4 Å². The zero-order chi connectivity index (χ0) is 12.7. The second kappa shape index (κ2) is 4.10. The predicted molar refractivity (Wildman–Crippen MR) is 68.1 cm³/mol. The molecular weight excluding hydrogens is 238 g/mol. The van der Waals surface area contributed by atoms with Crippen LogP contribution < -0.4 is 0 Å². The Kier molecular flexibility index (Phi) is 3.03. The molecule has 17 heavy (non-hydrogen) atoms. The van der Waals surface area contributed by atoms with Gasteiger partial charge < -0.3 is 4.90 Å². The van der Waals surface area contributed by atoms with Crippen LogP contribution in [0.15, 0.2) is 16.1 Å². The van der Waals surface area contributed by atoms with E-state index in [4.69, 9.17) is 0 Å². The van der Waals surface area contributed by atoms with Gasteiger partial charge in [0, 0.05) is 21.1 Å². The third-order valence-corrected chi connectivity index (χ3v) is 5.21. The Morgan fingerprint density at radius 1 is 1.41 bits per heavy atom. The van der Waals surface area contributed by atoms with Gasteiger partial charge in [-0.15, -0.1) is 0 Å². The highest BCUT2D eigenvalue weighted by Crippen LogP contribution is 2.46. The molecule has 96 valence electrons. The van der Waals surface area contributed by atoms with E-state index in [2.05, 4.69) is 4.99 Å². The Hall–Kier alpha value is -0.880. The number of hydrogen-bond acceptors (Lipinski definition) is 3. The molecule has 0 aromatic carbocycles. The van der Waals surface area contributed by atoms with Crippen LogP contribution in [0, 0.1) is 0 Å². The van der Waals surface area contributed by atoms with Crippen LogP contribution >= 0.6 is 0 Å². The molecule has 5 nitrogen and oxygen atoms in total. The van der Waals surface area contributed by atoms with Crippen LogP contribution in [0.1, 0.15) is 25.7 Å². The molecule has 1 spiro atoms. The summed E-state index contributed by atoms with van der Waals surface area (Å²) in [7, 11) is 2.13. The summed E-state index contributed by atoms with van der Waals surface area (Å²) in [6.07, 6.45) is 5.54. The van der Waals surface area contributed by atoms with Gasteiger partial charge in [-0.1, -0.05) is 12.8 Å². The lowest BCUT2D eigenvalue weighted by Crippen LogP contribution is -2.43. The van der Waals surface area contributed by atoms with Crippen LogP contribution in [0.2, 0.25) is 0 Å². The predicted octanol–water partition coefficient (Wildman–Crippen LogP) is 1.01. The molecule has 0 radical (unpaired) electrons. The van der Waals surface area contributed by atoms with Crippen LogP contribution in [0.4, 0.5) is 0 Å². The minimum Gasteiger partial charge on any atom is -0.369 e. The number of hydrogen-bond donors (Lipinski definition) is 0. The Morgan fingerprint density at radius 2 is 2.00 bits per heavy atom. The van der Waals surface area contributed by atoms with Crippen molar-refractivity contribution in [1.29, 1.82) is 0 Å². The maximum absolute atomic E-state index is 11.9. The van der Waals surface area contributed by atoms with E-state index in [1.165, 1.54) is 9.71 Å². The molecule has 2 aliphatic rings. The second-order valence-corrected chi connectivity index (χ2v) is 6.78. The van der Waals surface area contributed by atoms with Gasteiger partial charge in [0.15, 0.2) is 0 Å². The lowest BCUT2D eigenvalue weighted by atomic mass is 9.94. The van der Waals surface area contributed by atoms with E-state index in [0.717, 1.165) is 25.7 Å². The molecule has 1 saturated carbocycles. The molecule has 1 heterocycles. The summed E-state index contributed by atoms with van der Waals surface area (Å²) < 4.78 is 25.4. The normalized spacial score (nSPS) is 26.9. The Bertz CT molecular complexity index is 459. The fraction of sp³-hybridized carbons (Fsp3) is 0.727. The minimum atomic E-state index is -3.27. The molecule has 0 bridgehead atoms. The van der Waals surface area contributed by atoms with Crippen LogP contribution in [-0.4, -0.2) is 50.6 Å². The van der Waals surface area contributed by atoms with Crippen molar-refractivity contribution in [2.24, 2.45) is 4.99 Å². The smallest absolute Gasteiger partial charge is 0.238 e. The lowest BCUT2D eigenvalue weighted by Gasteiger charge is -2.31. The third-order valence-electron chi connectivity index (χ3n) is 3.58. The maximum atomic E-state index is 11.9. The SMILES string of the molecule is CN(C)C=NC1=CS(=O)(=O)N(C)C12CCCC2. The van der Waals surface area contributed by atoms with Crippen molar-refractivity contribution in [3.8, 4) is 0 Å². The van der Waals surface area contributed by atoms with Crippen molar-refractivity contribution in [2.45, 2.75) is 31.2 Å². The molecule has 0 aromatic heterocycles. The maximum Gasteiger partial charge on any atom is 0.238 e. The van der Waals surface area contributed by atoms with Gasteiger partial charge in [-0.2, -0.15) is 4.31 Å². The largest absolute Gasteiger partial charge is 0.369 e. The van der Waals surface area contributed by atoms with Gasteiger partial charge in [0.05, 0.1) is 23.0 Å². The first-order chi connectivity index (χ1) is 7.88. The zero-order valence-electron chi connectivity index (χ0n) is 10.5. The van der Waals surface area contributed by atoms with Crippen LogP contribution in [0.3, 0.4) is 0 Å². The van der Waals surface area contributed by atoms with Gasteiger partial charge in [0.1, 0.15) is 0 Å². The Labute approximate surface area is 103 Å². The number of rotatable bonds is 2. The molecule has 0 atom stereocenters. The van der Waals surface area contributed by atoms with Gasteiger partial charge in [0.2, 0.25) is 10.0 Å². The molecule has 0 aromatic rings.